The summed E-state index contributed by atoms with van der Waals surface area (Å²) >= 11 is 0. The Balaban J connectivity index is 0.000000763. The average Bonchev–Trinajstić information content (AvgIpc) is 2.73. The van der Waals surface area contributed by atoms with Crippen LogP contribution in [0.5, 0.6) is 0 Å². The van der Waals surface area contributed by atoms with Gasteiger partial charge in [0.25, 0.3) is 10.0 Å². The number of hydrogen-bond acceptors (Lipinski definition) is 4. The third-order valence-corrected chi connectivity index (χ3v) is 9.01. The van der Waals surface area contributed by atoms with Gasteiger partial charge in [0.2, 0.25) is 0 Å². The van der Waals surface area contributed by atoms with E-state index in [9.17, 15) is 30.0 Å². The molecule has 0 bridgehead atoms. The van der Waals surface area contributed by atoms with Crippen molar-refractivity contribution in [3.63, 3.8) is 0 Å². The average molecular weight is 524 g/mol. The zero-order chi connectivity index (χ0) is 25.7. The molecule has 0 saturated heterocycles. The van der Waals surface area contributed by atoms with E-state index < -0.39 is 35.9 Å². The summed E-state index contributed by atoms with van der Waals surface area (Å²) in [6.07, 6.45) is 1.85. The molecule has 5 nitrogen and oxygen atoms in total. The van der Waals surface area contributed by atoms with Crippen molar-refractivity contribution in [1.82, 2.24) is 4.13 Å². The number of alkyl halides is 3. The molecule has 0 aliphatic heterocycles. The first-order chi connectivity index (χ1) is 14.9. The molecule has 2 aromatic rings. The summed E-state index contributed by atoms with van der Waals surface area (Å²) in [5.41, 5.74) is -3.78. The van der Waals surface area contributed by atoms with Gasteiger partial charge in [-0.2, -0.15) is 13.2 Å². The number of hydrogen-bond donors (Lipinski definition) is 1. The SMILES string of the molecule is C.CCC(C)(C)c1cccc(S(=O)(=O)NS(=O)(=O)C(F)(F)F)c1.CCC(C)(C)c1ccccc1. The minimum absolute atomic E-state index is 0. The lowest BCUT2D eigenvalue weighted by Gasteiger charge is -2.23. The van der Waals surface area contributed by atoms with Gasteiger partial charge in [0.05, 0.1) is 4.90 Å². The Morgan fingerprint density at radius 3 is 1.62 bits per heavy atom. The van der Waals surface area contributed by atoms with Gasteiger partial charge < -0.3 is 0 Å². The first-order valence-electron chi connectivity index (χ1n) is 10.4. The van der Waals surface area contributed by atoms with E-state index in [0.717, 1.165) is 12.1 Å². The van der Waals surface area contributed by atoms with Crippen molar-refractivity contribution in [2.45, 2.75) is 83.0 Å². The zero-order valence-corrected chi connectivity index (χ0v) is 21.3. The van der Waals surface area contributed by atoms with Crippen molar-refractivity contribution in [1.29, 1.82) is 0 Å². The summed E-state index contributed by atoms with van der Waals surface area (Å²) < 4.78 is 83.2. The predicted octanol–water partition coefficient (Wildman–Crippen LogP) is 6.51. The molecule has 0 spiro atoms. The highest BCUT2D eigenvalue weighted by Crippen LogP contribution is 2.29. The highest BCUT2D eigenvalue weighted by molar-refractivity contribution is 8.05. The Bertz CT molecular complexity index is 1130. The van der Waals surface area contributed by atoms with Gasteiger partial charge in [-0.3, -0.25) is 0 Å². The van der Waals surface area contributed by atoms with Crippen molar-refractivity contribution in [2.75, 3.05) is 0 Å². The topological polar surface area (TPSA) is 80.3 Å². The Morgan fingerprint density at radius 1 is 0.735 bits per heavy atom. The molecule has 34 heavy (non-hydrogen) atoms. The molecule has 194 valence electrons. The van der Waals surface area contributed by atoms with Crippen LogP contribution in [0.15, 0.2) is 59.5 Å². The minimum atomic E-state index is -6.00. The Labute approximate surface area is 202 Å². The standard InChI is InChI=1S/C12H16F3NO4S2.C11H16.CH4/c1-4-11(2,3)9-6-5-7-10(8-9)21(17,18)16-22(19,20)12(13,14)15;1-4-11(2,3)10-8-6-5-7-9-10;/h5-8,16H,4H2,1-3H3;5-9H,4H2,1-3H3;1H4. The molecular weight excluding hydrogens is 487 g/mol. The number of sulfonamides is 2. The van der Waals surface area contributed by atoms with E-state index in [1.54, 1.807) is 6.07 Å². The molecule has 0 amide bonds. The van der Waals surface area contributed by atoms with E-state index in [1.807, 2.05) is 20.8 Å². The van der Waals surface area contributed by atoms with E-state index in [-0.39, 0.29) is 7.43 Å². The van der Waals surface area contributed by atoms with Crippen LogP contribution in [-0.4, -0.2) is 22.3 Å². The normalized spacial score (nSPS) is 12.9. The monoisotopic (exact) mass is 523 g/mol. The van der Waals surface area contributed by atoms with Gasteiger partial charge in [-0.05, 0) is 46.9 Å². The Kier molecular flexibility index (Phi) is 11.0. The molecule has 0 radical (unpaired) electrons. The lowest BCUT2D eigenvalue weighted by Crippen LogP contribution is -2.40. The van der Waals surface area contributed by atoms with Crippen LogP contribution in [-0.2, 0) is 30.9 Å². The quantitative estimate of drug-likeness (QED) is 0.448. The second-order valence-electron chi connectivity index (χ2n) is 8.90. The summed E-state index contributed by atoms with van der Waals surface area (Å²) in [6, 6.07) is 15.8. The van der Waals surface area contributed by atoms with Crippen molar-refractivity contribution in [3.8, 4) is 0 Å². The van der Waals surface area contributed by atoms with E-state index >= 15 is 0 Å². The molecule has 2 aromatic carbocycles. The number of nitrogens with one attached hydrogen (secondary N) is 1. The van der Waals surface area contributed by atoms with Crippen LogP contribution < -0.4 is 4.13 Å². The van der Waals surface area contributed by atoms with Crippen LogP contribution in [0.1, 0.15) is 72.9 Å². The van der Waals surface area contributed by atoms with Crippen LogP contribution in [0.25, 0.3) is 0 Å². The molecule has 0 heterocycles. The molecule has 0 unspecified atom stereocenters. The largest absolute Gasteiger partial charge is 0.512 e. The van der Waals surface area contributed by atoms with Crippen LogP contribution in [0.3, 0.4) is 0 Å². The van der Waals surface area contributed by atoms with Crippen LogP contribution in [0.2, 0.25) is 0 Å². The van der Waals surface area contributed by atoms with Gasteiger partial charge in [0, 0.05) is 0 Å². The third-order valence-electron chi connectivity index (χ3n) is 5.77. The zero-order valence-electron chi connectivity index (χ0n) is 19.7. The van der Waals surface area contributed by atoms with Crippen molar-refractivity contribution in [3.05, 3.63) is 65.7 Å². The number of rotatable bonds is 7. The van der Waals surface area contributed by atoms with Crippen LogP contribution in [0.4, 0.5) is 13.2 Å². The fourth-order valence-electron chi connectivity index (χ4n) is 2.62. The maximum atomic E-state index is 12.3. The summed E-state index contributed by atoms with van der Waals surface area (Å²) in [6.45, 7) is 12.3. The fraction of sp³-hybridized carbons (Fsp3) is 0.500. The first-order valence-corrected chi connectivity index (χ1v) is 13.4. The second kappa shape index (κ2) is 11.7. The van der Waals surface area contributed by atoms with Gasteiger partial charge in [-0.15, -0.1) is 0 Å². The van der Waals surface area contributed by atoms with Crippen molar-refractivity contribution >= 4 is 20.0 Å². The Hall–Kier alpha value is -1.91. The lowest BCUT2D eigenvalue weighted by molar-refractivity contribution is -0.0441. The van der Waals surface area contributed by atoms with Crippen molar-refractivity contribution in [2.24, 2.45) is 0 Å². The third kappa shape index (κ3) is 8.39. The van der Waals surface area contributed by atoms with Crippen molar-refractivity contribution < 1.29 is 30.0 Å². The highest BCUT2D eigenvalue weighted by Gasteiger charge is 2.48. The Morgan fingerprint density at radius 2 is 1.18 bits per heavy atom. The van der Waals surface area contributed by atoms with Gasteiger partial charge >= 0.3 is 15.5 Å². The molecule has 0 aliphatic rings. The van der Waals surface area contributed by atoms with Crippen LogP contribution in [0, 0.1) is 0 Å². The molecule has 0 aliphatic carbocycles. The maximum absolute atomic E-state index is 12.3. The van der Waals surface area contributed by atoms with E-state index in [0.29, 0.717) is 21.5 Å². The van der Waals surface area contributed by atoms with Crippen LogP contribution >= 0.6 is 0 Å². The maximum Gasteiger partial charge on any atom is 0.512 e. The van der Waals surface area contributed by atoms with Gasteiger partial charge in [-0.25, -0.2) is 16.8 Å². The minimum Gasteiger partial charge on any atom is -0.206 e. The summed E-state index contributed by atoms with van der Waals surface area (Å²) in [5.74, 6) is 0. The fourth-order valence-corrected chi connectivity index (χ4v) is 5.08. The highest BCUT2D eigenvalue weighted by atomic mass is 32.3. The molecule has 10 heteroatoms. The van der Waals surface area contributed by atoms with Gasteiger partial charge in [-0.1, -0.05) is 95.6 Å². The summed E-state index contributed by atoms with van der Waals surface area (Å²) in [5, 5.41) is 0. The lowest BCUT2D eigenvalue weighted by atomic mass is 9.82. The molecule has 0 atom stereocenters. The van der Waals surface area contributed by atoms with E-state index in [4.69, 9.17) is 0 Å². The summed E-state index contributed by atoms with van der Waals surface area (Å²) in [4.78, 5) is -0.542. The molecule has 0 fully saturated rings. The molecule has 1 N–H and O–H groups in total. The smallest absolute Gasteiger partial charge is 0.206 e. The number of halogens is 3. The van der Waals surface area contributed by atoms with Gasteiger partial charge in [0.1, 0.15) is 0 Å². The molecule has 0 saturated carbocycles. The molecular formula is C24H36F3NO4S2. The van der Waals surface area contributed by atoms with Gasteiger partial charge in [0.15, 0.2) is 0 Å². The predicted molar refractivity (Wildman–Crippen MR) is 132 cm³/mol. The van der Waals surface area contributed by atoms with E-state index in [2.05, 4.69) is 51.1 Å². The summed E-state index contributed by atoms with van der Waals surface area (Å²) in [7, 11) is -10.8. The molecule has 0 aromatic heterocycles. The second-order valence-corrected chi connectivity index (χ2v) is 12.5. The molecule has 2 rings (SSSR count). The number of benzene rings is 2. The van der Waals surface area contributed by atoms with E-state index in [1.165, 1.54) is 18.1 Å². The first kappa shape index (κ1) is 32.1.